The van der Waals surface area contributed by atoms with Crippen LogP contribution >= 0.6 is 0 Å². The van der Waals surface area contributed by atoms with Crippen LogP contribution in [0.5, 0.6) is 0 Å². The third-order valence-electron chi connectivity index (χ3n) is 4.94. The number of para-hydroxylation sites is 1. The molecule has 3 amide bonds. The Balaban J connectivity index is 1.94. The summed E-state index contributed by atoms with van der Waals surface area (Å²) >= 11 is 0. The molecule has 2 aliphatic heterocycles. The monoisotopic (exact) mass is 338 g/mol. The van der Waals surface area contributed by atoms with Crippen molar-refractivity contribution in [2.45, 2.75) is 26.3 Å². The zero-order chi connectivity index (χ0) is 17.9. The lowest BCUT2D eigenvalue weighted by molar-refractivity contribution is -0.676. The minimum absolute atomic E-state index is 0.258. The first-order valence-corrected chi connectivity index (χ1v) is 8.31. The molecule has 1 atom stereocenters. The summed E-state index contributed by atoms with van der Waals surface area (Å²) in [6.07, 6.45) is 2.83. The van der Waals surface area contributed by atoms with Gasteiger partial charge in [-0.25, -0.2) is 9.36 Å². The van der Waals surface area contributed by atoms with Gasteiger partial charge >= 0.3 is 12.0 Å². The standard InChI is InChI=1S/C18H20N5O2/c1-5-12-8-6-7-9-13(12)23-11(2)10-22-14-15(19-17(22)23)20(3)18(25)21(4)16(14)24/h6-10,14H,5H2,1-4H3/q+1. The normalized spacial score (nSPS) is 19.2. The van der Waals surface area contributed by atoms with Crippen LogP contribution in [0.25, 0.3) is 5.69 Å². The van der Waals surface area contributed by atoms with Crippen molar-refractivity contribution in [3.05, 3.63) is 41.7 Å². The topological polar surface area (TPSA) is 61.8 Å². The van der Waals surface area contributed by atoms with E-state index in [0.717, 1.165) is 22.7 Å². The molecule has 1 fully saturated rings. The molecule has 1 aromatic carbocycles. The molecule has 0 bridgehead atoms. The largest absolute Gasteiger partial charge is 0.406 e. The van der Waals surface area contributed by atoms with Crippen LogP contribution in [0.4, 0.5) is 10.7 Å². The molecule has 1 unspecified atom stereocenters. The van der Waals surface area contributed by atoms with E-state index in [9.17, 15) is 9.59 Å². The number of rotatable bonds is 2. The summed E-state index contributed by atoms with van der Waals surface area (Å²) in [5.41, 5.74) is 3.25. The number of likely N-dealkylation sites (N-methyl/N-ethyl adjacent to an activating group) is 2. The summed E-state index contributed by atoms with van der Waals surface area (Å²) in [5.74, 6) is 0.888. The highest BCUT2D eigenvalue weighted by molar-refractivity contribution is 6.18. The van der Waals surface area contributed by atoms with Gasteiger partial charge in [0.1, 0.15) is 17.6 Å². The van der Waals surface area contributed by atoms with Crippen LogP contribution in [0, 0.1) is 6.92 Å². The number of hydrogen-bond acceptors (Lipinski definition) is 3. The predicted molar refractivity (Wildman–Crippen MR) is 92.1 cm³/mol. The van der Waals surface area contributed by atoms with Gasteiger partial charge in [-0.1, -0.05) is 30.1 Å². The number of amides is 3. The fourth-order valence-corrected chi connectivity index (χ4v) is 3.59. The zero-order valence-corrected chi connectivity index (χ0v) is 14.7. The molecule has 0 N–H and O–H groups in total. The maximum atomic E-state index is 12.7. The van der Waals surface area contributed by atoms with Gasteiger partial charge in [-0.15, -0.1) is 0 Å². The fraction of sp³-hybridized carbons (Fsp3) is 0.333. The number of aromatic nitrogens is 2. The SMILES string of the molecule is CCc1ccccc1-n1c(C)c[n+]2c1N=C1C2C(=O)N(C)C(=O)N1C. The Labute approximate surface area is 145 Å². The zero-order valence-electron chi connectivity index (χ0n) is 14.7. The molecule has 1 aromatic heterocycles. The Morgan fingerprint density at radius 3 is 2.60 bits per heavy atom. The van der Waals surface area contributed by atoms with Gasteiger partial charge in [0.05, 0.1) is 0 Å². The van der Waals surface area contributed by atoms with Crippen molar-refractivity contribution in [2.24, 2.45) is 4.99 Å². The van der Waals surface area contributed by atoms with Crippen molar-refractivity contribution in [1.82, 2.24) is 14.4 Å². The molecule has 3 heterocycles. The number of carbonyl (C=O) groups excluding carboxylic acids is 2. The van der Waals surface area contributed by atoms with Gasteiger partial charge in [-0.3, -0.25) is 14.6 Å². The number of aliphatic imine (C=N–C) groups is 1. The lowest BCUT2D eigenvalue weighted by Gasteiger charge is -2.30. The van der Waals surface area contributed by atoms with E-state index >= 15 is 0 Å². The van der Waals surface area contributed by atoms with Crippen LogP contribution in [0.3, 0.4) is 0 Å². The lowest BCUT2D eigenvalue weighted by Crippen LogP contribution is -2.61. The van der Waals surface area contributed by atoms with Gasteiger partial charge in [-0.05, 0) is 25.0 Å². The molecule has 4 rings (SSSR count). The van der Waals surface area contributed by atoms with Crippen LogP contribution in [-0.2, 0) is 11.2 Å². The third kappa shape index (κ3) is 1.98. The van der Waals surface area contributed by atoms with E-state index < -0.39 is 6.04 Å². The average Bonchev–Trinajstić information content (AvgIpc) is 3.12. The van der Waals surface area contributed by atoms with Gasteiger partial charge in [0.15, 0.2) is 0 Å². The van der Waals surface area contributed by atoms with Crippen LogP contribution in [0.2, 0.25) is 0 Å². The highest BCUT2D eigenvalue weighted by Gasteiger charge is 2.52. The van der Waals surface area contributed by atoms with E-state index in [1.54, 1.807) is 7.05 Å². The van der Waals surface area contributed by atoms with E-state index in [2.05, 4.69) is 28.6 Å². The van der Waals surface area contributed by atoms with E-state index in [4.69, 9.17) is 0 Å². The molecule has 2 aliphatic rings. The van der Waals surface area contributed by atoms with E-state index in [0.29, 0.717) is 11.8 Å². The van der Waals surface area contributed by atoms with E-state index in [1.165, 1.54) is 17.5 Å². The Morgan fingerprint density at radius 2 is 1.88 bits per heavy atom. The van der Waals surface area contributed by atoms with Crippen molar-refractivity contribution in [3.63, 3.8) is 0 Å². The van der Waals surface area contributed by atoms with Crippen molar-refractivity contribution < 1.29 is 14.2 Å². The smallest absolute Gasteiger partial charge is 0.270 e. The van der Waals surface area contributed by atoms with Gasteiger partial charge in [0, 0.05) is 14.1 Å². The second-order valence-electron chi connectivity index (χ2n) is 6.41. The first kappa shape index (κ1) is 15.6. The molecule has 128 valence electrons. The highest BCUT2D eigenvalue weighted by atomic mass is 16.2. The maximum Gasteiger partial charge on any atom is 0.406 e. The average molecular weight is 338 g/mol. The summed E-state index contributed by atoms with van der Waals surface area (Å²) in [6, 6.07) is 7.21. The van der Waals surface area contributed by atoms with Crippen LogP contribution in [0.1, 0.15) is 24.2 Å². The number of amidine groups is 1. The Hall–Kier alpha value is -2.96. The van der Waals surface area contributed by atoms with Crippen molar-refractivity contribution in [1.29, 1.82) is 0 Å². The molecular weight excluding hydrogens is 318 g/mol. The van der Waals surface area contributed by atoms with Crippen molar-refractivity contribution >= 4 is 23.7 Å². The third-order valence-corrected chi connectivity index (χ3v) is 4.94. The molecule has 25 heavy (non-hydrogen) atoms. The van der Waals surface area contributed by atoms with Crippen LogP contribution < -0.4 is 4.57 Å². The van der Waals surface area contributed by atoms with E-state index in [1.807, 2.05) is 29.8 Å². The summed E-state index contributed by atoms with van der Waals surface area (Å²) in [7, 11) is 3.16. The van der Waals surface area contributed by atoms with Crippen LogP contribution in [0.15, 0.2) is 35.5 Å². The molecular formula is C18H20N5O2+. The fourth-order valence-electron chi connectivity index (χ4n) is 3.59. The van der Waals surface area contributed by atoms with Gasteiger partial charge in [-0.2, -0.15) is 4.57 Å². The summed E-state index contributed by atoms with van der Waals surface area (Å²) in [4.78, 5) is 32.1. The summed E-state index contributed by atoms with van der Waals surface area (Å²) < 4.78 is 3.91. The number of nitrogens with zero attached hydrogens (tertiary/aromatic N) is 5. The molecule has 2 aromatic rings. The molecule has 7 heteroatoms. The molecule has 0 spiro atoms. The number of carbonyl (C=O) groups is 2. The lowest BCUT2D eigenvalue weighted by atomic mass is 10.1. The summed E-state index contributed by atoms with van der Waals surface area (Å²) in [5, 5.41) is 0. The maximum absolute atomic E-state index is 12.7. The Bertz CT molecular complexity index is 943. The number of benzene rings is 1. The first-order valence-electron chi connectivity index (χ1n) is 8.31. The quantitative estimate of drug-likeness (QED) is 0.783. The van der Waals surface area contributed by atoms with Gasteiger partial charge < -0.3 is 0 Å². The molecule has 0 radical (unpaired) electrons. The second kappa shape index (κ2) is 5.27. The van der Waals surface area contributed by atoms with Crippen molar-refractivity contribution in [3.8, 4) is 5.69 Å². The van der Waals surface area contributed by atoms with Gasteiger partial charge in [0.25, 0.3) is 5.91 Å². The number of aryl methyl sites for hydroxylation is 2. The minimum Gasteiger partial charge on any atom is -0.270 e. The van der Waals surface area contributed by atoms with Gasteiger partial charge in [0.2, 0.25) is 11.9 Å². The molecule has 1 saturated heterocycles. The first-order chi connectivity index (χ1) is 12.0. The van der Waals surface area contributed by atoms with Crippen LogP contribution in [-0.4, -0.2) is 46.2 Å². The van der Waals surface area contributed by atoms with E-state index in [-0.39, 0.29) is 11.9 Å². The molecule has 0 aliphatic carbocycles. The number of fused-ring (bicyclic) bond motifs is 3. The molecule has 7 nitrogen and oxygen atoms in total. The number of imidazole rings is 1. The Morgan fingerprint density at radius 1 is 1.16 bits per heavy atom. The number of hydrogen-bond donors (Lipinski definition) is 0. The highest BCUT2D eigenvalue weighted by Crippen LogP contribution is 2.31. The number of urea groups is 1. The second-order valence-corrected chi connectivity index (χ2v) is 6.41. The molecule has 0 saturated carbocycles. The minimum atomic E-state index is -0.587. The summed E-state index contributed by atoms with van der Waals surface area (Å²) in [6.45, 7) is 4.11. The Kier molecular flexibility index (Phi) is 3.28. The number of imide groups is 1. The van der Waals surface area contributed by atoms with Crippen molar-refractivity contribution in [2.75, 3.05) is 14.1 Å². The predicted octanol–water partition coefficient (Wildman–Crippen LogP) is 1.74.